The van der Waals surface area contributed by atoms with Crippen LogP contribution in [0, 0.1) is 0 Å². The Morgan fingerprint density at radius 3 is 2.12 bits per heavy atom. The van der Waals surface area contributed by atoms with Crippen molar-refractivity contribution < 1.29 is 32.2 Å². The lowest BCUT2D eigenvalue weighted by Crippen LogP contribution is -2.49. The smallest absolute Gasteiger partial charge is 0.416 e. The highest BCUT2D eigenvalue weighted by Crippen LogP contribution is 2.31. The van der Waals surface area contributed by atoms with Gasteiger partial charge in [0.25, 0.3) is 5.91 Å². The number of hydrogen-bond acceptors (Lipinski definition) is 5. The molecule has 0 spiro atoms. The molecule has 0 bridgehead atoms. The second-order valence-corrected chi connectivity index (χ2v) is 7.69. The lowest BCUT2D eigenvalue weighted by Gasteiger charge is -2.36. The summed E-state index contributed by atoms with van der Waals surface area (Å²) < 4.78 is 48.8. The predicted molar refractivity (Wildman–Crippen MR) is 113 cm³/mol. The first-order chi connectivity index (χ1) is 15.1. The lowest BCUT2D eigenvalue weighted by atomic mass is 10.1. The summed E-state index contributed by atoms with van der Waals surface area (Å²) in [4.78, 5) is 28.7. The van der Waals surface area contributed by atoms with E-state index in [2.05, 4.69) is 0 Å². The molecule has 0 unspecified atom stereocenters. The number of carbonyl (C=O) groups is 2. The highest BCUT2D eigenvalue weighted by atomic mass is 19.4. The zero-order valence-corrected chi connectivity index (χ0v) is 18.1. The minimum Gasteiger partial charge on any atom is -0.490 e. The maximum Gasteiger partial charge on any atom is 0.416 e. The van der Waals surface area contributed by atoms with Crippen LogP contribution in [0.1, 0.15) is 40.1 Å². The van der Waals surface area contributed by atoms with Crippen LogP contribution in [0.15, 0.2) is 42.5 Å². The van der Waals surface area contributed by atoms with Gasteiger partial charge in [-0.2, -0.15) is 13.2 Å². The summed E-state index contributed by atoms with van der Waals surface area (Å²) in [6.45, 7) is 5.37. The second kappa shape index (κ2) is 9.50. The van der Waals surface area contributed by atoms with Gasteiger partial charge in [0.1, 0.15) is 5.75 Å². The summed E-state index contributed by atoms with van der Waals surface area (Å²) >= 11 is 0. The highest BCUT2D eigenvalue weighted by Gasteiger charge is 2.31. The van der Waals surface area contributed by atoms with E-state index in [0.717, 1.165) is 12.1 Å². The van der Waals surface area contributed by atoms with Crippen molar-refractivity contribution in [1.29, 1.82) is 0 Å². The average Bonchev–Trinajstić information content (AvgIpc) is 2.77. The van der Waals surface area contributed by atoms with Gasteiger partial charge < -0.3 is 19.3 Å². The van der Waals surface area contributed by atoms with Crippen molar-refractivity contribution in [3.8, 4) is 5.75 Å². The van der Waals surface area contributed by atoms with Crippen LogP contribution in [0.3, 0.4) is 0 Å². The maximum atomic E-state index is 13.2. The molecule has 0 N–H and O–H groups in total. The van der Waals surface area contributed by atoms with E-state index in [1.165, 1.54) is 25.3 Å². The number of alkyl halides is 3. The summed E-state index contributed by atoms with van der Waals surface area (Å²) in [5, 5.41) is 0. The Morgan fingerprint density at radius 2 is 1.59 bits per heavy atom. The quantitative estimate of drug-likeness (QED) is 0.638. The van der Waals surface area contributed by atoms with Gasteiger partial charge in [-0.15, -0.1) is 0 Å². The van der Waals surface area contributed by atoms with Crippen LogP contribution >= 0.6 is 0 Å². The Labute approximate surface area is 184 Å². The van der Waals surface area contributed by atoms with E-state index < -0.39 is 17.7 Å². The van der Waals surface area contributed by atoms with Crippen molar-refractivity contribution in [2.75, 3.05) is 38.2 Å². The normalized spacial score (nSPS) is 14.5. The maximum absolute atomic E-state index is 13.2. The second-order valence-electron chi connectivity index (χ2n) is 7.69. The topological polar surface area (TPSA) is 59.1 Å². The van der Waals surface area contributed by atoms with Gasteiger partial charge in [0, 0.05) is 31.9 Å². The van der Waals surface area contributed by atoms with Crippen molar-refractivity contribution in [3.05, 3.63) is 59.2 Å². The molecule has 0 aromatic heterocycles. The van der Waals surface area contributed by atoms with E-state index >= 15 is 0 Å². The third-order valence-electron chi connectivity index (χ3n) is 5.12. The van der Waals surface area contributed by atoms with Crippen molar-refractivity contribution in [1.82, 2.24) is 4.90 Å². The molecule has 2 aromatic rings. The minimum absolute atomic E-state index is 0.165. The van der Waals surface area contributed by atoms with Gasteiger partial charge in [-0.1, -0.05) is 0 Å². The number of ether oxygens (including phenoxy) is 2. The van der Waals surface area contributed by atoms with Gasteiger partial charge in [-0.25, -0.2) is 4.79 Å². The molecule has 1 aliphatic rings. The van der Waals surface area contributed by atoms with Gasteiger partial charge in [0.05, 0.1) is 29.9 Å². The van der Waals surface area contributed by atoms with Crippen molar-refractivity contribution >= 4 is 17.6 Å². The van der Waals surface area contributed by atoms with Crippen molar-refractivity contribution in [2.24, 2.45) is 0 Å². The number of methoxy groups -OCH3 is 1. The van der Waals surface area contributed by atoms with E-state index in [-0.39, 0.29) is 23.1 Å². The first-order valence-electron chi connectivity index (χ1n) is 10.2. The summed E-state index contributed by atoms with van der Waals surface area (Å²) in [5.41, 5.74) is 0.486. The number of anilines is 1. The molecule has 0 aliphatic carbocycles. The molecule has 3 rings (SSSR count). The number of rotatable bonds is 5. The van der Waals surface area contributed by atoms with E-state index in [9.17, 15) is 22.8 Å². The van der Waals surface area contributed by atoms with Gasteiger partial charge in [0.15, 0.2) is 0 Å². The van der Waals surface area contributed by atoms with Crippen LogP contribution in [-0.2, 0) is 10.9 Å². The van der Waals surface area contributed by atoms with Crippen LogP contribution < -0.4 is 9.64 Å². The molecular weight excluding hydrogens is 425 g/mol. The van der Waals surface area contributed by atoms with Crippen LogP contribution in [0.2, 0.25) is 0 Å². The lowest BCUT2D eigenvalue weighted by molar-refractivity contribution is -0.137. The molecular formula is C23H25F3N2O4. The van der Waals surface area contributed by atoms with Gasteiger partial charge in [-0.3, -0.25) is 4.79 Å². The van der Waals surface area contributed by atoms with E-state index in [0.29, 0.717) is 37.6 Å². The third kappa shape index (κ3) is 5.33. The first kappa shape index (κ1) is 23.4. The largest absolute Gasteiger partial charge is 0.490 e. The summed E-state index contributed by atoms with van der Waals surface area (Å²) in [7, 11) is 1.27. The molecule has 9 heteroatoms. The zero-order valence-electron chi connectivity index (χ0n) is 18.1. The fourth-order valence-electron chi connectivity index (χ4n) is 3.50. The minimum atomic E-state index is -4.38. The SMILES string of the molecule is COC(=O)c1ccc(OC(C)C)c(C(=O)N2CCN(c3ccc(C(F)(F)F)cc3)CC2)c1. The molecule has 1 heterocycles. The number of carbonyl (C=O) groups excluding carboxylic acids is 2. The Morgan fingerprint density at radius 1 is 0.969 bits per heavy atom. The standard InChI is InChI=1S/C23H25F3N2O4/c1-15(2)32-20-9-4-16(22(30)31-3)14-19(20)21(29)28-12-10-27(11-13-28)18-7-5-17(6-8-18)23(24,25)26/h4-9,14-15H,10-13H2,1-3H3. The van der Waals surface area contributed by atoms with Crippen LogP contribution in [0.5, 0.6) is 5.75 Å². The van der Waals surface area contributed by atoms with Gasteiger partial charge in [0.2, 0.25) is 0 Å². The van der Waals surface area contributed by atoms with E-state index in [4.69, 9.17) is 9.47 Å². The molecule has 1 amide bonds. The first-order valence-corrected chi connectivity index (χ1v) is 10.2. The number of piperazine rings is 1. The molecule has 1 aliphatic heterocycles. The Kier molecular flexibility index (Phi) is 6.96. The van der Waals surface area contributed by atoms with Gasteiger partial charge in [-0.05, 0) is 56.3 Å². The molecule has 0 radical (unpaired) electrons. The number of hydrogen-bond donors (Lipinski definition) is 0. The molecule has 172 valence electrons. The highest BCUT2D eigenvalue weighted by molar-refractivity contribution is 6.00. The number of benzene rings is 2. The Bertz CT molecular complexity index is 966. The fourth-order valence-corrected chi connectivity index (χ4v) is 3.50. The number of nitrogens with zero attached hydrogens (tertiary/aromatic N) is 2. The molecule has 2 aromatic carbocycles. The molecule has 0 atom stereocenters. The molecule has 32 heavy (non-hydrogen) atoms. The van der Waals surface area contributed by atoms with Crippen molar-refractivity contribution in [2.45, 2.75) is 26.1 Å². The van der Waals surface area contributed by atoms with Gasteiger partial charge >= 0.3 is 12.1 Å². The molecule has 6 nitrogen and oxygen atoms in total. The summed E-state index contributed by atoms with van der Waals surface area (Å²) in [6, 6.07) is 9.58. The average molecular weight is 450 g/mol. The predicted octanol–water partition coefficient (Wildman–Crippen LogP) is 4.24. The molecule has 1 fully saturated rings. The molecule has 0 saturated carbocycles. The van der Waals surface area contributed by atoms with E-state index in [1.807, 2.05) is 18.7 Å². The van der Waals surface area contributed by atoms with Crippen LogP contribution in [-0.4, -0.2) is 56.2 Å². The van der Waals surface area contributed by atoms with E-state index in [1.54, 1.807) is 17.0 Å². The Hall–Kier alpha value is -3.23. The Balaban J connectivity index is 1.74. The monoisotopic (exact) mass is 450 g/mol. The number of amides is 1. The van der Waals surface area contributed by atoms with Crippen molar-refractivity contribution in [3.63, 3.8) is 0 Å². The number of esters is 1. The third-order valence-corrected chi connectivity index (χ3v) is 5.12. The number of halogens is 3. The summed E-state index contributed by atoms with van der Waals surface area (Å²) in [5.74, 6) is -0.455. The summed E-state index contributed by atoms with van der Waals surface area (Å²) in [6.07, 6.45) is -4.54. The fraction of sp³-hybridized carbons (Fsp3) is 0.391. The zero-order chi connectivity index (χ0) is 23.5. The van der Waals surface area contributed by atoms with Crippen LogP contribution in [0.25, 0.3) is 0 Å². The molecule has 1 saturated heterocycles. The van der Waals surface area contributed by atoms with Crippen LogP contribution in [0.4, 0.5) is 18.9 Å².